The van der Waals surface area contributed by atoms with Crippen molar-refractivity contribution < 1.29 is 13.2 Å². The molecular formula is C19H31ClN4O3S. The number of anilines is 1. The van der Waals surface area contributed by atoms with E-state index in [1.165, 1.54) is 18.4 Å². The van der Waals surface area contributed by atoms with Gasteiger partial charge in [-0.05, 0) is 49.4 Å². The first kappa shape index (κ1) is 22.9. The van der Waals surface area contributed by atoms with Gasteiger partial charge in [0.05, 0.1) is 10.5 Å². The van der Waals surface area contributed by atoms with Gasteiger partial charge < -0.3 is 15.5 Å². The summed E-state index contributed by atoms with van der Waals surface area (Å²) < 4.78 is 26.3. The monoisotopic (exact) mass is 430 g/mol. The lowest BCUT2D eigenvalue weighted by molar-refractivity contribution is 0.0777. The molecule has 2 aliphatic rings. The molecular weight excluding hydrogens is 400 g/mol. The number of carbonyl (C=O) groups is 1. The van der Waals surface area contributed by atoms with Gasteiger partial charge in [0.25, 0.3) is 5.91 Å². The van der Waals surface area contributed by atoms with E-state index in [9.17, 15) is 13.2 Å². The number of hydrogen-bond donors (Lipinski definition) is 1. The van der Waals surface area contributed by atoms with E-state index >= 15 is 0 Å². The summed E-state index contributed by atoms with van der Waals surface area (Å²) in [7, 11) is -0.603. The molecule has 1 atom stereocenters. The van der Waals surface area contributed by atoms with Gasteiger partial charge in [0, 0.05) is 46.0 Å². The molecule has 1 aromatic carbocycles. The van der Waals surface area contributed by atoms with E-state index in [1.807, 2.05) is 4.90 Å². The average Bonchev–Trinajstić information content (AvgIpc) is 3.31. The number of halogens is 1. The molecule has 2 fully saturated rings. The minimum atomic E-state index is -3.60. The van der Waals surface area contributed by atoms with Crippen LogP contribution in [0.15, 0.2) is 23.1 Å². The lowest BCUT2D eigenvalue weighted by Crippen LogP contribution is -2.35. The lowest BCUT2D eigenvalue weighted by atomic mass is 9.90. The number of sulfonamides is 1. The Hall–Kier alpha value is -1.35. The van der Waals surface area contributed by atoms with Crippen LogP contribution in [0.5, 0.6) is 0 Å². The fraction of sp³-hybridized carbons (Fsp3) is 0.632. The van der Waals surface area contributed by atoms with Gasteiger partial charge in [-0.2, -0.15) is 0 Å². The Balaban J connectivity index is 0.00000280. The third kappa shape index (κ3) is 4.30. The minimum absolute atomic E-state index is 0. The van der Waals surface area contributed by atoms with Crippen molar-refractivity contribution in [1.82, 2.24) is 9.21 Å². The number of hydrogen-bond acceptors (Lipinski definition) is 5. The highest BCUT2D eigenvalue weighted by molar-refractivity contribution is 7.89. The van der Waals surface area contributed by atoms with Crippen LogP contribution < -0.4 is 10.6 Å². The standard InChI is InChI=1S/C19H30N4O3S.ClH/c1-19(13-20)8-11-23(14-19)18(24)16-12-15(27(25,26)21(2)3)6-7-17(16)22-9-4-5-10-22;/h6-7,12H,4-5,8-11,13-14,20H2,1-3H3;1H. The van der Waals surface area contributed by atoms with Crippen molar-refractivity contribution in [1.29, 1.82) is 0 Å². The van der Waals surface area contributed by atoms with Crippen LogP contribution in [0.4, 0.5) is 5.69 Å². The Labute approximate surface area is 174 Å². The second kappa shape index (κ2) is 8.57. The van der Waals surface area contributed by atoms with Gasteiger partial charge in [0.15, 0.2) is 0 Å². The van der Waals surface area contributed by atoms with Gasteiger partial charge in [0.2, 0.25) is 10.0 Å². The number of nitrogens with two attached hydrogens (primary N) is 1. The third-order valence-electron chi connectivity index (χ3n) is 5.76. The lowest BCUT2D eigenvalue weighted by Gasteiger charge is -2.26. The van der Waals surface area contributed by atoms with E-state index in [0.29, 0.717) is 25.2 Å². The van der Waals surface area contributed by atoms with Crippen LogP contribution >= 0.6 is 12.4 Å². The third-order valence-corrected chi connectivity index (χ3v) is 7.57. The summed E-state index contributed by atoms with van der Waals surface area (Å²) >= 11 is 0. The molecule has 0 aliphatic carbocycles. The SMILES string of the molecule is CN(C)S(=O)(=O)c1ccc(N2CCCC2)c(C(=O)N2CCC(C)(CN)C2)c1.Cl. The average molecular weight is 431 g/mol. The largest absolute Gasteiger partial charge is 0.371 e. The highest BCUT2D eigenvalue weighted by atomic mass is 35.5. The maximum Gasteiger partial charge on any atom is 0.256 e. The molecule has 9 heteroatoms. The first-order chi connectivity index (χ1) is 12.7. The van der Waals surface area contributed by atoms with E-state index in [-0.39, 0.29) is 28.6 Å². The normalized spacial score (nSPS) is 22.6. The van der Waals surface area contributed by atoms with Crippen molar-refractivity contribution in [2.45, 2.75) is 31.1 Å². The number of carbonyl (C=O) groups excluding carboxylic acids is 1. The summed E-state index contributed by atoms with van der Waals surface area (Å²) in [6, 6.07) is 4.93. The summed E-state index contributed by atoms with van der Waals surface area (Å²) in [5.41, 5.74) is 7.11. The molecule has 3 rings (SSSR count). The summed E-state index contributed by atoms with van der Waals surface area (Å²) in [5.74, 6) is -0.107. The summed E-state index contributed by atoms with van der Waals surface area (Å²) in [6.45, 7) is 5.66. The molecule has 0 aromatic heterocycles. The molecule has 1 aromatic rings. The topological polar surface area (TPSA) is 87.0 Å². The van der Waals surface area contributed by atoms with E-state index in [1.54, 1.807) is 18.2 Å². The molecule has 2 N–H and O–H groups in total. The Bertz CT molecular complexity index is 824. The first-order valence-electron chi connectivity index (χ1n) is 9.49. The van der Waals surface area contributed by atoms with Gasteiger partial charge in [-0.3, -0.25) is 4.79 Å². The molecule has 2 saturated heterocycles. The van der Waals surface area contributed by atoms with Crippen molar-refractivity contribution in [2.24, 2.45) is 11.1 Å². The number of nitrogens with zero attached hydrogens (tertiary/aromatic N) is 3. The maximum absolute atomic E-state index is 13.3. The fourth-order valence-corrected chi connectivity index (χ4v) is 4.75. The second-order valence-corrected chi connectivity index (χ2v) is 10.3. The molecule has 1 unspecified atom stereocenters. The molecule has 2 heterocycles. The molecule has 0 radical (unpaired) electrons. The van der Waals surface area contributed by atoms with Crippen molar-refractivity contribution >= 4 is 34.0 Å². The second-order valence-electron chi connectivity index (χ2n) is 8.15. The van der Waals surface area contributed by atoms with Gasteiger partial charge in [-0.25, -0.2) is 12.7 Å². The number of rotatable bonds is 5. The van der Waals surface area contributed by atoms with Crippen LogP contribution in [0.3, 0.4) is 0 Å². The predicted octanol–water partition coefficient (Wildman–Crippen LogP) is 1.77. The van der Waals surface area contributed by atoms with Crippen LogP contribution in [0, 0.1) is 5.41 Å². The quantitative estimate of drug-likeness (QED) is 0.769. The highest BCUT2D eigenvalue weighted by Gasteiger charge is 2.36. The van der Waals surface area contributed by atoms with E-state index in [4.69, 9.17) is 5.73 Å². The fourth-order valence-electron chi connectivity index (χ4n) is 3.83. The van der Waals surface area contributed by atoms with E-state index in [2.05, 4.69) is 11.8 Å². The van der Waals surface area contributed by atoms with Gasteiger partial charge in [-0.15, -0.1) is 12.4 Å². The molecule has 158 valence electrons. The molecule has 7 nitrogen and oxygen atoms in total. The van der Waals surface area contributed by atoms with Crippen LogP contribution in [0.2, 0.25) is 0 Å². The Morgan fingerprint density at radius 1 is 1.21 bits per heavy atom. The molecule has 0 saturated carbocycles. The maximum atomic E-state index is 13.3. The molecule has 0 bridgehead atoms. The summed E-state index contributed by atoms with van der Waals surface area (Å²) in [4.78, 5) is 17.5. The van der Waals surface area contributed by atoms with Gasteiger partial charge in [0.1, 0.15) is 0 Å². The number of likely N-dealkylation sites (tertiary alicyclic amines) is 1. The Kier molecular flexibility index (Phi) is 7.02. The minimum Gasteiger partial charge on any atom is -0.371 e. The molecule has 2 aliphatic heterocycles. The van der Waals surface area contributed by atoms with Crippen LogP contribution in [-0.4, -0.2) is 70.3 Å². The van der Waals surface area contributed by atoms with E-state index in [0.717, 1.165) is 38.0 Å². The summed E-state index contributed by atoms with van der Waals surface area (Å²) in [5, 5.41) is 0. The molecule has 1 amide bonds. The predicted molar refractivity (Wildman–Crippen MR) is 114 cm³/mol. The van der Waals surface area contributed by atoms with Crippen molar-refractivity contribution in [3.63, 3.8) is 0 Å². The Morgan fingerprint density at radius 2 is 1.86 bits per heavy atom. The Morgan fingerprint density at radius 3 is 2.39 bits per heavy atom. The van der Waals surface area contributed by atoms with Gasteiger partial charge >= 0.3 is 0 Å². The zero-order valence-corrected chi connectivity index (χ0v) is 18.5. The molecule has 0 spiro atoms. The number of amides is 1. The van der Waals surface area contributed by atoms with Crippen molar-refractivity contribution in [3.05, 3.63) is 23.8 Å². The van der Waals surface area contributed by atoms with Crippen molar-refractivity contribution in [2.75, 3.05) is 51.7 Å². The van der Waals surface area contributed by atoms with Crippen LogP contribution in [0.25, 0.3) is 0 Å². The summed E-state index contributed by atoms with van der Waals surface area (Å²) in [6.07, 6.45) is 3.03. The highest BCUT2D eigenvalue weighted by Crippen LogP contribution is 2.33. The zero-order valence-electron chi connectivity index (χ0n) is 16.8. The number of benzene rings is 1. The van der Waals surface area contributed by atoms with Crippen LogP contribution in [-0.2, 0) is 10.0 Å². The van der Waals surface area contributed by atoms with E-state index < -0.39 is 10.0 Å². The van der Waals surface area contributed by atoms with Crippen LogP contribution in [0.1, 0.15) is 36.5 Å². The van der Waals surface area contributed by atoms with Gasteiger partial charge in [-0.1, -0.05) is 6.92 Å². The molecule has 28 heavy (non-hydrogen) atoms. The first-order valence-corrected chi connectivity index (χ1v) is 10.9. The smallest absolute Gasteiger partial charge is 0.256 e. The zero-order chi connectivity index (χ0) is 19.8. The van der Waals surface area contributed by atoms with Crippen molar-refractivity contribution in [3.8, 4) is 0 Å².